The minimum atomic E-state index is 0.595. The summed E-state index contributed by atoms with van der Waals surface area (Å²) >= 11 is 6.16. The van der Waals surface area contributed by atoms with E-state index < -0.39 is 0 Å². The molecule has 2 aromatic heterocycles. The first-order valence-electron chi connectivity index (χ1n) is 8.25. The Bertz CT molecular complexity index is 866. The zero-order valence-electron chi connectivity index (χ0n) is 13.1. The molecule has 0 amide bonds. The average molecular weight is 326 g/mol. The van der Waals surface area contributed by atoms with Crippen molar-refractivity contribution in [2.24, 2.45) is 5.73 Å². The molecule has 1 aliphatic rings. The Morgan fingerprint density at radius 1 is 1.09 bits per heavy atom. The highest BCUT2D eigenvalue weighted by molar-refractivity contribution is 6.30. The fourth-order valence-electron chi connectivity index (χ4n) is 3.55. The van der Waals surface area contributed by atoms with Gasteiger partial charge in [-0.15, -0.1) is 0 Å². The fourth-order valence-corrected chi connectivity index (χ4v) is 3.72. The Balaban J connectivity index is 1.89. The van der Waals surface area contributed by atoms with Crippen LogP contribution in [-0.2, 0) is 19.3 Å². The van der Waals surface area contributed by atoms with Gasteiger partial charge in [0.05, 0.1) is 16.4 Å². The molecule has 0 spiro atoms. The van der Waals surface area contributed by atoms with E-state index in [1.807, 2.05) is 18.3 Å². The number of nitrogens with zero attached hydrogens (tertiary/aromatic N) is 2. The Morgan fingerprint density at radius 3 is 2.74 bits per heavy atom. The van der Waals surface area contributed by atoms with E-state index in [9.17, 15) is 0 Å². The second kappa shape index (κ2) is 5.99. The summed E-state index contributed by atoms with van der Waals surface area (Å²) in [5, 5.41) is 0.713. The van der Waals surface area contributed by atoms with Crippen molar-refractivity contribution in [2.75, 3.05) is 6.54 Å². The molecule has 0 aliphatic heterocycles. The standard InChI is InChI=1S/C19H20ClN3/c20-16-7-8-18-22-19(17(9-10-21)23(18)12-16)15-6-5-13-3-1-2-4-14(13)11-15/h5-8,11-12H,1-4,9-10,21H2. The maximum atomic E-state index is 6.16. The van der Waals surface area contributed by atoms with Gasteiger partial charge in [-0.2, -0.15) is 0 Å². The van der Waals surface area contributed by atoms with E-state index in [1.165, 1.54) is 42.4 Å². The topological polar surface area (TPSA) is 43.3 Å². The summed E-state index contributed by atoms with van der Waals surface area (Å²) in [6.07, 6.45) is 7.68. The summed E-state index contributed by atoms with van der Waals surface area (Å²) in [4.78, 5) is 4.84. The molecule has 2 N–H and O–H groups in total. The molecular formula is C19H20ClN3. The zero-order chi connectivity index (χ0) is 15.8. The molecule has 3 nitrogen and oxygen atoms in total. The van der Waals surface area contributed by atoms with Crippen molar-refractivity contribution in [3.8, 4) is 11.3 Å². The predicted molar refractivity (Wildman–Crippen MR) is 95.0 cm³/mol. The number of rotatable bonds is 3. The van der Waals surface area contributed by atoms with Gasteiger partial charge in [-0.1, -0.05) is 23.7 Å². The monoisotopic (exact) mass is 325 g/mol. The fraction of sp³-hybridized carbons (Fsp3) is 0.316. The Morgan fingerprint density at radius 2 is 1.91 bits per heavy atom. The van der Waals surface area contributed by atoms with Crippen molar-refractivity contribution in [1.82, 2.24) is 9.38 Å². The van der Waals surface area contributed by atoms with Crippen LogP contribution in [0.4, 0.5) is 0 Å². The first-order chi connectivity index (χ1) is 11.3. The molecule has 2 heterocycles. The normalized spacial score (nSPS) is 14.2. The van der Waals surface area contributed by atoms with E-state index >= 15 is 0 Å². The highest BCUT2D eigenvalue weighted by Crippen LogP contribution is 2.30. The van der Waals surface area contributed by atoms with Crippen LogP contribution in [0.3, 0.4) is 0 Å². The summed E-state index contributed by atoms with van der Waals surface area (Å²) in [6, 6.07) is 10.6. The van der Waals surface area contributed by atoms with Crippen molar-refractivity contribution >= 4 is 17.2 Å². The van der Waals surface area contributed by atoms with Gasteiger partial charge in [-0.05, 0) is 61.6 Å². The number of fused-ring (bicyclic) bond motifs is 2. The third kappa shape index (κ3) is 2.64. The second-order valence-electron chi connectivity index (χ2n) is 6.21. The van der Waals surface area contributed by atoms with E-state index in [2.05, 4.69) is 22.6 Å². The molecule has 23 heavy (non-hydrogen) atoms. The predicted octanol–water partition coefficient (Wildman–Crippen LogP) is 4.03. The number of hydrogen-bond donors (Lipinski definition) is 1. The van der Waals surface area contributed by atoms with E-state index in [4.69, 9.17) is 22.3 Å². The molecule has 0 fully saturated rings. The van der Waals surface area contributed by atoms with E-state index in [0.717, 1.165) is 23.5 Å². The van der Waals surface area contributed by atoms with Crippen molar-refractivity contribution in [3.63, 3.8) is 0 Å². The van der Waals surface area contributed by atoms with Gasteiger partial charge in [0.1, 0.15) is 5.65 Å². The Kier molecular flexibility index (Phi) is 3.83. The van der Waals surface area contributed by atoms with Gasteiger partial charge in [-0.3, -0.25) is 0 Å². The van der Waals surface area contributed by atoms with Crippen LogP contribution in [-0.4, -0.2) is 15.9 Å². The maximum Gasteiger partial charge on any atom is 0.137 e. The molecule has 0 saturated heterocycles. The third-order valence-corrected chi connectivity index (χ3v) is 4.91. The summed E-state index contributed by atoms with van der Waals surface area (Å²) in [7, 11) is 0. The van der Waals surface area contributed by atoms with Crippen LogP contribution in [0.5, 0.6) is 0 Å². The van der Waals surface area contributed by atoms with Crippen LogP contribution >= 0.6 is 11.6 Å². The van der Waals surface area contributed by atoms with Gasteiger partial charge >= 0.3 is 0 Å². The molecular weight excluding hydrogens is 306 g/mol. The van der Waals surface area contributed by atoms with Crippen LogP contribution in [0.25, 0.3) is 16.9 Å². The number of imidazole rings is 1. The Labute approximate surface area is 141 Å². The minimum Gasteiger partial charge on any atom is -0.330 e. The molecule has 3 aromatic rings. The molecule has 0 saturated carbocycles. The SMILES string of the molecule is NCCc1c(-c2ccc3c(c2)CCCC3)nc2ccc(Cl)cn12. The zero-order valence-corrected chi connectivity index (χ0v) is 13.8. The smallest absolute Gasteiger partial charge is 0.137 e. The van der Waals surface area contributed by atoms with E-state index in [1.54, 1.807) is 0 Å². The van der Waals surface area contributed by atoms with Gasteiger partial charge in [0.15, 0.2) is 0 Å². The summed E-state index contributed by atoms with van der Waals surface area (Å²) in [6.45, 7) is 0.595. The van der Waals surface area contributed by atoms with Crippen LogP contribution in [0, 0.1) is 0 Å². The van der Waals surface area contributed by atoms with Crippen LogP contribution in [0.2, 0.25) is 5.02 Å². The minimum absolute atomic E-state index is 0.595. The highest BCUT2D eigenvalue weighted by atomic mass is 35.5. The van der Waals surface area contributed by atoms with Crippen LogP contribution < -0.4 is 5.73 Å². The maximum absolute atomic E-state index is 6.16. The van der Waals surface area contributed by atoms with Gasteiger partial charge in [0.25, 0.3) is 0 Å². The summed E-state index contributed by atoms with van der Waals surface area (Å²) < 4.78 is 2.07. The number of halogens is 1. The largest absolute Gasteiger partial charge is 0.330 e. The van der Waals surface area contributed by atoms with Crippen molar-refractivity contribution < 1.29 is 0 Å². The molecule has 1 aliphatic carbocycles. The quantitative estimate of drug-likeness (QED) is 0.790. The lowest BCUT2D eigenvalue weighted by Crippen LogP contribution is -2.07. The van der Waals surface area contributed by atoms with Gasteiger partial charge < -0.3 is 10.1 Å². The number of benzene rings is 1. The van der Waals surface area contributed by atoms with Crippen molar-refractivity contribution in [2.45, 2.75) is 32.1 Å². The van der Waals surface area contributed by atoms with Crippen LogP contribution in [0.1, 0.15) is 29.7 Å². The number of pyridine rings is 1. The van der Waals surface area contributed by atoms with E-state index in [0.29, 0.717) is 11.6 Å². The number of aromatic nitrogens is 2. The number of aryl methyl sites for hydroxylation is 2. The molecule has 0 radical (unpaired) electrons. The molecule has 0 atom stereocenters. The van der Waals surface area contributed by atoms with Crippen LogP contribution in [0.15, 0.2) is 36.5 Å². The average Bonchev–Trinajstić information content (AvgIpc) is 2.93. The lowest BCUT2D eigenvalue weighted by molar-refractivity contribution is 0.686. The first kappa shape index (κ1) is 14.7. The molecule has 4 rings (SSSR count). The van der Waals surface area contributed by atoms with Gasteiger partial charge in [-0.25, -0.2) is 4.98 Å². The lowest BCUT2D eigenvalue weighted by Gasteiger charge is -2.16. The highest BCUT2D eigenvalue weighted by Gasteiger charge is 2.16. The van der Waals surface area contributed by atoms with E-state index in [-0.39, 0.29) is 0 Å². The molecule has 118 valence electrons. The number of hydrogen-bond acceptors (Lipinski definition) is 2. The van der Waals surface area contributed by atoms with Gasteiger partial charge in [0.2, 0.25) is 0 Å². The molecule has 0 unspecified atom stereocenters. The molecule has 4 heteroatoms. The summed E-state index contributed by atoms with van der Waals surface area (Å²) in [5.74, 6) is 0. The summed E-state index contributed by atoms with van der Waals surface area (Å²) in [5.41, 5.74) is 13.1. The molecule has 1 aromatic carbocycles. The van der Waals surface area contributed by atoms with Crippen molar-refractivity contribution in [1.29, 1.82) is 0 Å². The second-order valence-corrected chi connectivity index (χ2v) is 6.65. The first-order valence-corrected chi connectivity index (χ1v) is 8.63. The van der Waals surface area contributed by atoms with Crippen molar-refractivity contribution in [3.05, 3.63) is 58.4 Å². The number of nitrogens with two attached hydrogens (primary N) is 1. The van der Waals surface area contributed by atoms with Gasteiger partial charge in [0, 0.05) is 18.2 Å². The Hall–Kier alpha value is -1.84. The lowest BCUT2D eigenvalue weighted by atomic mass is 9.89. The molecule has 0 bridgehead atoms. The third-order valence-electron chi connectivity index (χ3n) is 4.68.